The predicted molar refractivity (Wildman–Crippen MR) is 81.6 cm³/mol. The summed E-state index contributed by atoms with van der Waals surface area (Å²) in [6, 6.07) is 6.98. The number of carbonyl (C=O) groups excluding carboxylic acids is 2. The summed E-state index contributed by atoms with van der Waals surface area (Å²) in [5.41, 5.74) is 0. The molecule has 3 N–H and O–H groups in total. The fourth-order valence-corrected chi connectivity index (χ4v) is 1.69. The minimum absolute atomic E-state index is 0.117. The van der Waals surface area contributed by atoms with Crippen LogP contribution >= 0.6 is 11.6 Å². The van der Waals surface area contributed by atoms with Gasteiger partial charge in [0.1, 0.15) is 5.75 Å². The number of rotatable bonds is 8. The quantitative estimate of drug-likeness (QED) is 0.637. The van der Waals surface area contributed by atoms with Crippen LogP contribution in [0, 0.1) is 0 Å². The van der Waals surface area contributed by atoms with Gasteiger partial charge in [0, 0.05) is 26.6 Å². The van der Waals surface area contributed by atoms with Gasteiger partial charge in [-0.2, -0.15) is 0 Å². The molecule has 0 fully saturated rings. The lowest BCUT2D eigenvalue weighted by Crippen LogP contribution is -2.40. The van der Waals surface area contributed by atoms with Crippen molar-refractivity contribution in [3.63, 3.8) is 0 Å². The van der Waals surface area contributed by atoms with Crippen molar-refractivity contribution in [1.82, 2.24) is 16.0 Å². The van der Waals surface area contributed by atoms with E-state index in [1.807, 2.05) is 12.1 Å². The summed E-state index contributed by atoms with van der Waals surface area (Å²) < 4.78 is 5.49. The normalized spacial score (nSPS) is 9.81. The van der Waals surface area contributed by atoms with Crippen LogP contribution in [0.1, 0.15) is 13.3 Å². The molecule has 1 aromatic rings. The number of ether oxygens (including phenoxy) is 1. The molecule has 0 aliphatic rings. The molecule has 0 saturated heterocycles. The molecular formula is C14H20ClN3O3. The fourth-order valence-electron chi connectivity index (χ4n) is 1.50. The molecule has 0 unspecified atom stereocenters. The third-order valence-corrected chi connectivity index (χ3v) is 2.80. The highest BCUT2D eigenvalue weighted by atomic mass is 35.5. The third-order valence-electron chi connectivity index (χ3n) is 2.49. The van der Waals surface area contributed by atoms with Crippen LogP contribution in [0.25, 0.3) is 0 Å². The molecule has 0 saturated carbocycles. The summed E-state index contributed by atoms with van der Waals surface area (Å²) in [6.07, 6.45) is 0.671. The number of hydrogen-bond donors (Lipinski definition) is 3. The molecule has 116 valence electrons. The van der Waals surface area contributed by atoms with Gasteiger partial charge < -0.3 is 20.7 Å². The molecule has 0 radical (unpaired) electrons. The molecule has 6 nitrogen and oxygen atoms in total. The minimum Gasteiger partial charge on any atom is -0.492 e. The second-order valence-corrected chi connectivity index (χ2v) is 4.71. The number of para-hydroxylation sites is 1. The van der Waals surface area contributed by atoms with Crippen molar-refractivity contribution in [3.8, 4) is 5.75 Å². The Morgan fingerprint density at radius 3 is 2.48 bits per heavy atom. The number of benzene rings is 1. The molecule has 0 heterocycles. The Morgan fingerprint density at radius 2 is 1.76 bits per heavy atom. The molecule has 0 atom stereocenters. The van der Waals surface area contributed by atoms with Gasteiger partial charge in [-0.15, -0.1) is 0 Å². The summed E-state index contributed by atoms with van der Waals surface area (Å²) in [7, 11) is 0. The smallest absolute Gasteiger partial charge is 0.314 e. The van der Waals surface area contributed by atoms with Crippen LogP contribution in [-0.4, -0.2) is 38.2 Å². The number of carbonyl (C=O) groups is 2. The summed E-state index contributed by atoms with van der Waals surface area (Å²) in [4.78, 5) is 22.0. The van der Waals surface area contributed by atoms with Crippen molar-refractivity contribution in [1.29, 1.82) is 0 Å². The molecule has 1 rings (SSSR count). The van der Waals surface area contributed by atoms with Crippen LogP contribution in [0.15, 0.2) is 24.3 Å². The zero-order chi connectivity index (χ0) is 15.5. The third kappa shape index (κ3) is 8.04. The van der Waals surface area contributed by atoms with E-state index in [1.165, 1.54) is 6.92 Å². The maximum absolute atomic E-state index is 11.4. The van der Waals surface area contributed by atoms with Gasteiger partial charge in [-0.25, -0.2) is 4.79 Å². The predicted octanol–water partition coefficient (Wildman–Crippen LogP) is 1.54. The number of urea groups is 1. The topological polar surface area (TPSA) is 79.5 Å². The molecule has 0 aromatic heterocycles. The van der Waals surface area contributed by atoms with Gasteiger partial charge in [0.05, 0.1) is 11.6 Å². The van der Waals surface area contributed by atoms with Crippen molar-refractivity contribution in [2.24, 2.45) is 0 Å². The molecule has 7 heteroatoms. The van der Waals surface area contributed by atoms with E-state index in [9.17, 15) is 9.59 Å². The zero-order valence-electron chi connectivity index (χ0n) is 11.9. The first-order valence-electron chi connectivity index (χ1n) is 6.73. The molecule has 1 aromatic carbocycles. The first kappa shape index (κ1) is 17.1. The van der Waals surface area contributed by atoms with Gasteiger partial charge >= 0.3 is 6.03 Å². The molecular weight excluding hydrogens is 294 g/mol. The Labute approximate surface area is 129 Å². The van der Waals surface area contributed by atoms with Gasteiger partial charge in [0.15, 0.2) is 0 Å². The monoisotopic (exact) mass is 313 g/mol. The average molecular weight is 314 g/mol. The molecule has 0 aliphatic heterocycles. The summed E-state index contributed by atoms with van der Waals surface area (Å²) in [6.45, 7) is 3.20. The van der Waals surface area contributed by atoms with Gasteiger partial charge in [0.2, 0.25) is 5.91 Å². The Balaban J connectivity index is 2.02. The summed E-state index contributed by atoms with van der Waals surface area (Å²) >= 11 is 5.95. The summed E-state index contributed by atoms with van der Waals surface area (Å²) in [5, 5.41) is 8.48. The van der Waals surface area contributed by atoms with Gasteiger partial charge in [-0.3, -0.25) is 4.79 Å². The van der Waals surface area contributed by atoms with Crippen molar-refractivity contribution in [3.05, 3.63) is 29.3 Å². The highest BCUT2D eigenvalue weighted by Gasteiger charge is 2.01. The van der Waals surface area contributed by atoms with Gasteiger partial charge in [0.25, 0.3) is 0 Å². The van der Waals surface area contributed by atoms with Crippen LogP contribution in [0.4, 0.5) is 4.79 Å². The molecule has 3 amide bonds. The number of hydrogen-bond acceptors (Lipinski definition) is 3. The van der Waals surface area contributed by atoms with Gasteiger partial charge in [-0.05, 0) is 18.6 Å². The average Bonchev–Trinajstić information content (AvgIpc) is 2.45. The molecule has 0 aliphatic carbocycles. The largest absolute Gasteiger partial charge is 0.492 e. The second-order valence-electron chi connectivity index (χ2n) is 4.30. The second kappa shape index (κ2) is 9.88. The van der Waals surface area contributed by atoms with Crippen molar-refractivity contribution < 1.29 is 14.3 Å². The van der Waals surface area contributed by atoms with E-state index in [2.05, 4.69) is 16.0 Å². The van der Waals surface area contributed by atoms with E-state index in [-0.39, 0.29) is 11.9 Å². The van der Waals surface area contributed by atoms with Crippen LogP contribution < -0.4 is 20.7 Å². The maximum Gasteiger partial charge on any atom is 0.314 e. The number of halogens is 1. The van der Waals surface area contributed by atoms with Crippen molar-refractivity contribution >= 4 is 23.5 Å². The van der Waals surface area contributed by atoms with E-state index < -0.39 is 0 Å². The van der Waals surface area contributed by atoms with E-state index in [0.29, 0.717) is 43.4 Å². The lowest BCUT2D eigenvalue weighted by molar-refractivity contribution is -0.118. The minimum atomic E-state index is -0.266. The Bertz CT molecular complexity index is 469. The van der Waals surface area contributed by atoms with Crippen molar-refractivity contribution in [2.75, 3.05) is 26.2 Å². The maximum atomic E-state index is 11.4. The van der Waals surface area contributed by atoms with E-state index in [1.54, 1.807) is 12.1 Å². The SMILES string of the molecule is CC(=O)NCCNC(=O)NCCCOc1ccccc1Cl. The van der Waals surface area contributed by atoms with E-state index in [4.69, 9.17) is 16.3 Å². The van der Waals surface area contributed by atoms with Crippen LogP contribution in [0.3, 0.4) is 0 Å². The van der Waals surface area contributed by atoms with E-state index in [0.717, 1.165) is 0 Å². The molecule has 0 spiro atoms. The van der Waals surface area contributed by atoms with Crippen LogP contribution in [-0.2, 0) is 4.79 Å². The first-order valence-corrected chi connectivity index (χ1v) is 7.11. The number of amides is 3. The number of nitrogens with one attached hydrogen (secondary N) is 3. The highest BCUT2D eigenvalue weighted by Crippen LogP contribution is 2.22. The standard InChI is InChI=1S/C14H20ClN3O3/c1-11(19)16-8-9-18-14(20)17-7-4-10-21-13-6-3-2-5-12(13)15/h2-3,5-6H,4,7-10H2,1H3,(H,16,19)(H2,17,18,20). The van der Waals surface area contributed by atoms with Crippen molar-refractivity contribution in [2.45, 2.75) is 13.3 Å². The lowest BCUT2D eigenvalue weighted by Gasteiger charge is -2.09. The Kier molecular flexibility index (Phi) is 8.04. The Hall–Kier alpha value is -1.95. The van der Waals surface area contributed by atoms with Gasteiger partial charge in [-0.1, -0.05) is 23.7 Å². The first-order chi connectivity index (χ1) is 10.1. The van der Waals surface area contributed by atoms with Crippen LogP contribution in [0.5, 0.6) is 5.75 Å². The fraction of sp³-hybridized carbons (Fsp3) is 0.429. The molecule has 21 heavy (non-hydrogen) atoms. The Morgan fingerprint density at radius 1 is 1.10 bits per heavy atom. The van der Waals surface area contributed by atoms with Crippen LogP contribution in [0.2, 0.25) is 5.02 Å². The molecule has 0 bridgehead atoms. The van der Waals surface area contributed by atoms with E-state index >= 15 is 0 Å². The highest BCUT2D eigenvalue weighted by molar-refractivity contribution is 6.32. The lowest BCUT2D eigenvalue weighted by atomic mass is 10.3. The summed E-state index contributed by atoms with van der Waals surface area (Å²) in [5.74, 6) is 0.521. The zero-order valence-corrected chi connectivity index (χ0v) is 12.7.